The van der Waals surface area contributed by atoms with Crippen molar-refractivity contribution in [2.45, 2.75) is 32.9 Å². The van der Waals surface area contributed by atoms with E-state index in [1.54, 1.807) is 6.92 Å². The van der Waals surface area contributed by atoms with Crippen LogP contribution in [0.4, 0.5) is 4.79 Å². The zero-order chi connectivity index (χ0) is 21.1. The van der Waals surface area contributed by atoms with E-state index in [0.29, 0.717) is 17.8 Å². The summed E-state index contributed by atoms with van der Waals surface area (Å²) in [5.74, 6) is -0.400. The van der Waals surface area contributed by atoms with Crippen molar-refractivity contribution in [2.24, 2.45) is 0 Å². The van der Waals surface area contributed by atoms with Crippen molar-refractivity contribution >= 4 is 12.0 Å². The lowest BCUT2D eigenvalue weighted by molar-refractivity contribution is -0.139. The van der Waals surface area contributed by atoms with Crippen molar-refractivity contribution in [1.82, 2.24) is 15.5 Å². The SMILES string of the molecule is CCOC(=O)C1=C(CN2CCc3ccccc3C2)NC(=O)N[C@@H]1c1ccc(C)cc1. The van der Waals surface area contributed by atoms with Crippen molar-refractivity contribution in [2.75, 3.05) is 19.7 Å². The Hall–Kier alpha value is -3.12. The maximum absolute atomic E-state index is 12.9. The molecule has 2 N–H and O–H groups in total. The van der Waals surface area contributed by atoms with E-state index in [0.717, 1.165) is 30.6 Å². The van der Waals surface area contributed by atoms with Gasteiger partial charge in [-0.15, -0.1) is 0 Å². The van der Waals surface area contributed by atoms with Gasteiger partial charge < -0.3 is 15.4 Å². The number of ether oxygens (including phenoxy) is 1. The molecule has 0 aliphatic carbocycles. The lowest BCUT2D eigenvalue weighted by Gasteiger charge is -2.34. The highest BCUT2D eigenvalue weighted by molar-refractivity contribution is 5.95. The summed E-state index contributed by atoms with van der Waals surface area (Å²) >= 11 is 0. The van der Waals surface area contributed by atoms with Gasteiger partial charge in [-0.3, -0.25) is 4.90 Å². The van der Waals surface area contributed by atoms with Crippen LogP contribution in [-0.4, -0.2) is 36.6 Å². The molecule has 0 spiro atoms. The van der Waals surface area contributed by atoms with Gasteiger partial charge in [0.1, 0.15) is 0 Å². The Bertz CT molecular complexity index is 981. The minimum absolute atomic E-state index is 0.279. The first-order valence-electron chi connectivity index (χ1n) is 10.4. The minimum atomic E-state index is -0.537. The Morgan fingerprint density at radius 2 is 1.87 bits per heavy atom. The molecule has 0 saturated heterocycles. The first-order chi connectivity index (χ1) is 14.5. The number of fused-ring (bicyclic) bond motifs is 1. The number of nitrogens with zero attached hydrogens (tertiary/aromatic N) is 1. The largest absolute Gasteiger partial charge is 0.463 e. The number of carbonyl (C=O) groups excluding carboxylic acids is 2. The second kappa shape index (κ2) is 8.71. The van der Waals surface area contributed by atoms with E-state index in [1.165, 1.54) is 11.1 Å². The number of esters is 1. The molecule has 0 fully saturated rings. The summed E-state index contributed by atoms with van der Waals surface area (Å²) in [6, 6.07) is 15.4. The molecule has 2 aromatic rings. The number of rotatable bonds is 5. The van der Waals surface area contributed by atoms with Crippen LogP contribution in [0.25, 0.3) is 0 Å². The predicted octanol–water partition coefficient (Wildman–Crippen LogP) is 3.22. The molecular formula is C24H27N3O3. The highest BCUT2D eigenvalue weighted by Crippen LogP contribution is 2.29. The molecule has 4 rings (SSSR count). The Balaban J connectivity index is 1.67. The lowest BCUT2D eigenvalue weighted by Crippen LogP contribution is -2.49. The number of urea groups is 1. The second-order valence-corrected chi connectivity index (χ2v) is 7.78. The number of nitrogens with one attached hydrogen (secondary N) is 2. The van der Waals surface area contributed by atoms with Crippen LogP contribution >= 0.6 is 0 Å². The smallest absolute Gasteiger partial charge is 0.338 e. The molecular weight excluding hydrogens is 378 g/mol. The first kappa shape index (κ1) is 20.2. The van der Waals surface area contributed by atoms with E-state index in [9.17, 15) is 9.59 Å². The molecule has 1 atom stereocenters. The average Bonchev–Trinajstić information content (AvgIpc) is 2.74. The molecule has 0 aromatic heterocycles. The van der Waals surface area contributed by atoms with Crippen LogP contribution in [-0.2, 0) is 22.5 Å². The Labute approximate surface area is 176 Å². The van der Waals surface area contributed by atoms with Crippen molar-refractivity contribution < 1.29 is 14.3 Å². The van der Waals surface area contributed by atoms with Gasteiger partial charge in [-0.05, 0) is 37.0 Å². The maximum atomic E-state index is 12.9. The quantitative estimate of drug-likeness (QED) is 0.750. The van der Waals surface area contributed by atoms with Gasteiger partial charge in [0.05, 0.1) is 18.2 Å². The van der Waals surface area contributed by atoms with Gasteiger partial charge in [0, 0.05) is 25.3 Å². The van der Waals surface area contributed by atoms with Crippen molar-refractivity contribution in [3.05, 3.63) is 82.1 Å². The van der Waals surface area contributed by atoms with Crippen LogP contribution in [0.3, 0.4) is 0 Å². The molecule has 0 saturated carbocycles. The first-order valence-corrected chi connectivity index (χ1v) is 10.4. The van der Waals surface area contributed by atoms with Crippen LogP contribution in [0.5, 0.6) is 0 Å². The summed E-state index contributed by atoms with van der Waals surface area (Å²) in [6.45, 7) is 6.21. The molecule has 2 heterocycles. The normalized spacial score (nSPS) is 19.0. The highest BCUT2D eigenvalue weighted by Gasteiger charge is 2.34. The van der Waals surface area contributed by atoms with Crippen LogP contribution < -0.4 is 10.6 Å². The fourth-order valence-corrected chi connectivity index (χ4v) is 4.11. The van der Waals surface area contributed by atoms with Crippen LogP contribution in [0.15, 0.2) is 59.8 Å². The number of hydrogen-bond donors (Lipinski definition) is 2. The van der Waals surface area contributed by atoms with Crippen LogP contribution in [0.2, 0.25) is 0 Å². The summed E-state index contributed by atoms with van der Waals surface area (Å²) < 4.78 is 5.36. The van der Waals surface area contributed by atoms with Crippen molar-refractivity contribution in [3.63, 3.8) is 0 Å². The van der Waals surface area contributed by atoms with Crippen LogP contribution in [0.1, 0.15) is 35.2 Å². The van der Waals surface area contributed by atoms with Gasteiger partial charge in [-0.25, -0.2) is 9.59 Å². The molecule has 2 amide bonds. The molecule has 156 valence electrons. The number of amides is 2. The van der Waals surface area contributed by atoms with Gasteiger partial charge in [0.15, 0.2) is 0 Å². The monoisotopic (exact) mass is 405 g/mol. The Morgan fingerprint density at radius 1 is 1.13 bits per heavy atom. The lowest BCUT2D eigenvalue weighted by atomic mass is 9.93. The third kappa shape index (κ3) is 4.24. The van der Waals surface area contributed by atoms with Gasteiger partial charge in [0.2, 0.25) is 0 Å². The summed E-state index contributed by atoms with van der Waals surface area (Å²) in [5, 5.41) is 5.77. The summed E-state index contributed by atoms with van der Waals surface area (Å²) in [5.41, 5.74) is 5.71. The second-order valence-electron chi connectivity index (χ2n) is 7.78. The van der Waals surface area contributed by atoms with Gasteiger partial charge in [-0.2, -0.15) is 0 Å². The highest BCUT2D eigenvalue weighted by atomic mass is 16.5. The third-order valence-corrected chi connectivity index (χ3v) is 5.65. The molecule has 2 aliphatic rings. The fourth-order valence-electron chi connectivity index (χ4n) is 4.11. The standard InChI is InChI=1S/C24H27N3O3/c1-3-30-23(28)21-20(15-27-13-12-17-6-4-5-7-19(17)14-27)25-24(29)26-22(21)18-10-8-16(2)9-11-18/h4-11,22H,3,12-15H2,1-2H3,(H2,25,26,29)/t22-/m1/s1. The molecule has 2 aliphatic heterocycles. The van der Waals surface area contributed by atoms with E-state index in [2.05, 4.69) is 33.7 Å². The molecule has 6 nitrogen and oxygen atoms in total. The van der Waals surface area contributed by atoms with Crippen molar-refractivity contribution in [3.8, 4) is 0 Å². The average molecular weight is 405 g/mol. The van der Waals surface area contributed by atoms with Crippen LogP contribution in [0, 0.1) is 6.92 Å². The van der Waals surface area contributed by atoms with E-state index in [1.807, 2.05) is 37.3 Å². The number of benzene rings is 2. The van der Waals surface area contributed by atoms with E-state index >= 15 is 0 Å². The van der Waals surface area contributed by atoms with E-state index in [4.69, 9.17) is 4.74 Å². The Kier molecular flexibility index (Phi) is 5.86. The zero-order valence-electron chi connectivity index (χ0n) is 17.4. The van der Waals surface area contributed by atoms with Gasteiger partial charge in [0.25, 0.3) is 0 Å². The van der Waals surface area contributed by atoms with Gasteiger partial charge >= 0.3 is 12.0 Å². The maximum Gasteiger partial charge on any atom is 0.338 e. The summed E-state index contributed by atoms with van der Waals surface area (Å²) in [7, 11) is 0. The molecule has 2 aromatic carbocycles. The summed E-state index contributed by atoms with van der Waals surface area (Å²) in [6.07, 6.45) is 0.950. The zero-order valence-corrected chi connectivity index (χ0v) is 17.4. The third-order valence-electron chi connectivity index (χ3n) is 5.65. The molecule has 0 unspecified atom stereocenters. The molecule has 6 heteroatoms. The van der Waals surface area contributed by atoms with E-state index in [-0.39, 0.29) is 12.6 Å². The van der Waals surface area contributed by atoms with Crippen molar-refractivity contribution in [1.29, 1.82) is 0 Å². The fraction of sp³-hybridized carbons (Fsp3) is 0.333. The summed E-state index contributed by atoms with van der Waals surface area (Å²) in [4.78, 5) is 27.6. The predicted molar refractivity (Wildman–Crippen MR) is 115 cm³/mol. The molecule has 30 heavy (non-hydrogen) atoms. The Morgan fingerprint density at radius 3 is 2.60 bits per heavy atom. The molecule has 0 bridgehead atoms. The van der Waals surface area contributed by atoms with E-state index < -0.39 is 12.0 Å². The number of carbonyl (C=O) groups is 2. The van der Waals surface area contributed by atoms with Gasteiger partial charge in [-0.1, -0.05) is 54.1 Å². The minimum Gasteiger partial charge on any atom is -0.463 e. The number of aryl methyl sites for hydroxylation is 1. The number of hydrogen-bond acceptors (Lipinski definition) is 4. The molecule has 0 radical (unpaired) electrons. The topological polar surface area (TPSA) is 70.7 Å².